The van der Waals surface area contributed by atoms with Gasteiger partial charge in [-0.05, 0) is 68.3 Å². The number of sulfone groups is 1. The molecular weight excluding hydrogens is 474 g/mol. The normalized spacial score (nSPS) is 15.5. The lowest BCUT2D eigenvalue weighted by Crippen LogP contribution is -2.17. The second kappa shape index (κ2) is 11.3. The van der Waals surface area contributed by atoms with Crippen LogP contribution in [0.2, 0.25) is 0 Å². The van der Waals surface area contributed by atoms with Crippen molar-refractivity contribution in [3.05, 3.63) is 83.1 Å². The monoisotopic (exact) mass is 505 g/mol. The highest BCUT2D eigenvalue weighted by atomic mass is 32.2. The van der Waals surface area contributed by atoms with Crippen LogP contribution in [0.25, 0.3) is 17.0 Å². The number of allylic oxidation sites excluding steroid dienone is 4. The van der Waals surface area contributed by atoms with Crippen molar-refractivity contribution in [2.45, 2.75) is 38.6 Å². The Labute approximate surface area is 211 Å². The molecule has 0 aliphatic heterocycles. The molecule has 1 fully saturated rings. The molecule has 0 amide bonds. The highest BCUT2D eigenvalue weighted by Crippen LogP contribution is 2.26. The Morgan fingerprint density at radius 1 is 1.22 bits per heavy atom. The van der Waals surface area contributed by atoms with E-state index in [1.54, 1.807) is 12.3 Å². The van der Waals surface area contributed by atoms with Gasteiger partial charge >= 0.3 is 0 Å². The quantitative estimate of drug-likeness (QED) is 0.227. The molecule has 1 aliphatic rings. The molecule has 0 unspecified atom stereocenters. The molecule has 2 aromatic heterocycles. The number of benzene rings is 1. The summed E-state index contributed by atoms with van der Waals surface area (Å²) in [4.78, 5) is 12.5. The molecule has 4 rings (SSSR count). The van der Waals surface area contributed by atoms with E-state index in [2.05, 4.69) is 32.2 Å². The van der Waals surface area contributed by atoms with Crippen LogP contribution in [-0.2, 0) is 14.6 Å². The van der Waals surface area contributed by atoms with Crippen LogP contribution in [0.5, 0.6) is 0 Å². The van der Waals surface area contributed by atoms with Gasteiger partial charge in [-0.2, -0.15) is 4.98 Å². The molecule has 3 N–H and O–H groups in total. The zero-order chi connectivity index (χ0) is 25.5. The number of rotatable bonds is 10. The van der Waals surface area contributed by atoms with Crippen LogP contribution in [0.1, 0.15) is 38.2 Å². The molecule has 0 spiro atoms. The Morgan fingerprint density at radius 2 is 2.03 bits per heavy atom. The average molecular weight is 506 g/mol. The topological polar surface area (TPSA) is 109 Å². The summed E-state index contributed by atoms with van der Waals surface area (Å²) < 4.78 is 30.7. The molecule has 0 atom stereocenters. The maximum Gasteiger partial charge on any atom is 0.229 e. The molecule has 0 saturated heterocycles. The maximum absolute atomic E-state index is 12.8. The third-order valence-electron chi connectivity index (χ3n) is 6.12. The van der Waals surface area contributed by atoms with E-state index in [9.17, 15) is 8.42 Å². The van der Waals surface area contributed by atoms with Gasteiger partial charge in [-0.1, -0.05) is 19.4 Å². The number of nitrogens with one attached hydrogen (secondary N) is 3. The van der Waals surface area contributed by atoms with Gasteiger partial charge in [0.15, 0.2) is 9.84 Å². The largest absolute Gasteiger partial charge is 0.497 e. The summed E-state index contributed by atoms with van der Waals surface area (Å²) >= 11 is 0. The molecule has 0 bridgehead atoms. The summed E-state index contributed by atoms with van der Waals surface area (Å²) in [5.41, 5.74) is 2.52. The number of hydrogen-bond acceptors (Lipinski definition) is 7. The fourth-order valence-electron chi connectivity index (χ4n) is 4.00. The molecule has 1 saturated carbocycles. The van der Waals surface area contributed by atoms with Crippen molar-refractivity contribution in [3.8, 4) is 0 Å². The summed E-state index contributed by atoms with van der Waals surface area (Å²) in [6, 6.07) is 8.27. The number of nitrogens with zero attached hydrogens (tertiary/aromatic N) is 2. The van der Waals surface area contributed by atoms with E-state index in [4.69, 9.17) is 4.74 Å². The van der Waals surface area contributed by atoms with Crippen LogP contribution in [-0.4, -0.2) is 36.5 Å². The summed E-state index contributed by atoms with van der Waals surface area (Å²) in [7, 11) is -2.14. The number of aromatic nitrogens is 3. The molecule has 1 aliphatic carbocycles. The summed E-state index contributed by atoms with van der Waals surface area (Å²) in [6.45, 7) is 5.17. The zero-order valence-corrected chi connectivity index (χ0v) is 21.3. The molecule has 3 aromatic rings. The van der Waals surface area contributed by atoms with E-state index >= 15 is 0 Å². The first-order valence-electron chi connectivity index (χ1n) is 11.8. The molecule has 1 aromatic carbocycles. The van der Waals surface area contributed by atoms with E-state index in [1.165, 1.54) is 37.7 Å². The Bertz CT molecular complexity index is 1430. The first-order valence-corrected chi connectivity index (χ1v) is 13.4. The van der Waals surface area contributed by atoms with Gasteiger partial charge in [0, 0.05) is 50.9 Å². The van der Waals surface area contributed by atoms with Crippen LogP contribution in [0, 0.1) is 0 Å². The lowest BCUT2D eigenvalue weighted by molar-refractivity contribution is 0.307. The lowest BCUT2D eigenvalue weighted by Gasteiger charge is -2.16. The van der Waals surface area contributed by atoms with Gasteiger partial charge in [0.2, 0.25) is 5.95 Å². The highest BCUT2D eigenvalue weighted by Gasteiger charge is 2.18. The Kier molecular flexibility index (Phi) is 7.90. The van der Waals surface area contributed by atoms with Crippen molar-refractivity contribution < 1.29 is 13.2 Å². The van der Waals surface area contributed by atoms with Crippen molar-refractivity contribution in [1.29, 1.82) is 0 Å². The fraction of sp³-hybridized carbons (Fsp3) is 0.259. The van der Waals surface area contributed by atoms with Crippen LogP contribution in [0.15, 0.2) is 77.5 Å². The number of fused-ring (bicyclic) bond motifs is 1. The highest BCUT2D eigenvalue weighted by molar-refractivity contribution is 7.98. The number of ether oxygens (including phenoxy) is 1. The van der Waals surface area contributed by atoms with E-state index in [0.717, 1.165) is 42.3 Å². The third kappa shape index (κ3) is 6.23. The van der Waals surface area contributed by atoms with Crippen molar-refractivity contribution in [3.63, 3.8) is 0 Å². The van der Waals surface area contributed by atoms with Crippen LogP contribution >= 0.6 is 0 Å². The van der Waals surface area contributed by atoms with Crippen molar-refractivity contribution in [2.24, 2.45) is 0 Å². The number of anilines is 3. The Morgan fingerprint density at radius 3 is 2.78 bits per heavy atom. The predicted molar refractivity (Wildman–Crippen MR) is 146 cm³/mol. The van der Waals surface area contributed by atoms with E-state index < -0.39 is 9.84 Å². The molecule has 0 radical (unpaired) electrons. The van der Waals surface area contributed by atoms with Gasteiger partial charge in [0.25, 0.3) is 0 Å². The van der Waals surface area contributed by atoms with Gasteiger partial charge in [-0.3, -0.25) is 0 Å². The van der Waals surface area contributed by atoms with Crippen molar-refractivity contribution >= 4 is 44.3 Å². The smallest absolute Gasteiger partial charge is 0.229 e. The molecule has 9 heteroatoms. The molecule has 188 valence electrons. The van der Waals surface area contributed by atoms with Gasteiger partial charge in [0.1, 0.15) is 11.6 Å². The minimum Gasteiger partial charge on any atom is -0.497 e. The fourth-order valence-corrected chi connectivity index (χ4v) is 4.79. The van der Waals surface area contributed by atoms with Gasteiger partial charge in [0.05, 0.1) is 7.11 Å². The molecule has 8 nitrogen and oxygen atoms in total. The van der Waals surface area contributed by atoms with Crippen LogP contribution in [0.4, 0.5) is 17.5 Å². The SMILES string of the molecule is C=C/C(=C\C=C(/C)S(=O)(=O)/C=C/c1cnc(Nc2ccc3[nH]ccc3c2)nc1NC1CCCC1)OC. The van der Waals surface area contributed by atoms with E-state index in [-0.39, 0.29) is 4.91 Å². The zero-order valence-electron chi connectivity index (χ0n) is 20.5. The van der Waals surface area contributed by atoms with Gasteiger partial charge in [-0.15, -0.1) is 0 Å². The predicted octanol–water partition coefficient (Wildman–Crippen LogP) is 6.06. The Balaban J connectivity index is 1.60. The summed E-state index contributed by atoms with van der Waals surface area (Å²) in [5, 5.41) is 9.00. The van der Waals surface area contributed by atoms with Gasteiger partial charge in [-0.25, -0.2) is 13.4 Å². The first-order chi connectivity index (χ1) is 17.4. The first kappa shape index (κ1) is 25.2. The van der Waals surface area contributed by atoms with Crippen molar-refractivity contribution in [1.82, 2.24) is 15.0 Å². The Hall–Kier alpha value is -3.85. The van der Waals surface area contributed by atoms with Crippen LogP contribution < -0.4 is 10.6 Å². The number of methoxy groups -OCH3 is 1. The molecular formula is C27H31N5O3S. The summed E-state index contributed by atoms with van der Waals surface area (Å²) in [6.07, 6.45) is 14.1. The minimum atomic E-state index is -3.64. The van der Waals surface area contributed by atoms with Crippen molar-refractivity contribution in [2.75, 3.05) is 17.7 Å². The number of hydrogen-bond donors (Lipinski definition) is 3. The third-order valence-corrected chi connectivity index (χ3v) is 7.65. The molecule has 36 heavy (non-hydrogen) atoms. The van der Waals surface area contributed by atoms with Crippen LogP contribution in [0.3, 0.4) is 0 Å². The lowest BCUT2D eigenvalue weighted by atomic mass is 10.2. The van der Waals surface area contributed by atoms with Gasteiger partial charge < -0.3 is 20.4 Å². The second-order valence-corrected chi connectivity index (χ2v) is 10.6. The number of H-pyrrole nitrogens is 1. The average Bonchev–Trinajstić information content (AvgIpc) is 3.56. The second-order valence-electron chi connectivity index (χ2n) is 8.63. The van der Waals surface area contributed by atoms with E-state index in [1.807, 2.05) is 30.5 Å². The van der Waals surface area contributed by atoms with E-state index in [0.29, 0.717) is 29.1 Å². The molecule has 2 heterocycles. The number of aromatic amines is 1. The minimum absolute atomic E-state index is 0.180. The standard InChI is InChI=1S/C27H31N5O3S/c1-4-24(35-3)11-9-19(2)36(33,34)16-14-21-18-29-27(32-26(21)30-22-7-5-6-8-22)31-23-10-12-25-20(17-23)13-15-28-25/h4,9-18,22,28H,1,5-8H2,2-3H3,(H2,29,30,31,32)/b16-14+,19-9+,24-11+. The maximum atomic E-state index is 12.8. The summed E-state index contributed by atoms with van der Waals surface area (Å²) in [5.74, 6) is 1.51.